The van der Waals surface area contributed by atoms with Gasteiger partial charge in [-0.05, 0) is 24.3 Å². The van der Waals surface area contributed by atoms with E-state index in [1.165, 1.54) is 7.11 Å². The molecule has 0 aromatic heterocycles. The van der Waals surface area contributed by atoms with Gasteiger partial charge in [0.05, 0.1) is 7.11 Å². The molecule has 1 aromatic carbocycles. The lowest BCUT2D eigenvalue weighted by atomic mass is 9.98. The van der Waals surface area contributed by atoms with Crippen molar-refractivity contribution in [1.29, 1.82) is 0 Å². The third kappa shape index (κ3) is 2.96. The van der Waals surface area contributed by atoms with E-state index in [1.807, 2.05) is 0 Å². The average Bonchev–Trinajstić information content (AvgIpc) is 2.38. The van der Waals surface area contributed by atoms with E-state index in [2.05, 4.69) is 4.99 Å². The molecule has 2 nitrogen and oxygen atoms in total. The molecule has 0 heterocycles. The third-order valence-corrected chi connectivity index (χ3v) is 2.63. The molecule has 0 atom stereocenters. The number of methoxy groups -OCH3 is 1. The normalized spacial score (nSPS) is 14.2. The number of ether oxygens (including phenoxy) is 1. The summed E-state index contributed by atoms with van der Waals surface area (Å²) in [7, 11) is 1.98. The quantitative estimate of drug-likeness (QED) is 0.609. The SMILES string of the molecule is CN=C(c1ccc(OC)cc1)C(F)(F)C(F)(F)C(F)(F)F. The monoisotopic (exact) mass is 317 g/mol. The number of hydrogen-bond acceptors (Lipinski definition) is 2. The smallest absolute Gasteiger partial charge is 0.460 e. The number of alkyl halides is 7. The first-order chi connectivity index (χ1) is 9.49. The van der Waals surface area contributed by atoms with Gasteiger partial charge < -0.3 is 4.74 Å². The molecule has 0 spiro atoms. The van der Waals surface area contributed by atoms with E-state index in [-0.39, 0.29) is 5.75 Å². The molecular formula is C12H10F7NO. The molecule has 0 amide bonds. The molecular weight excluding hydrogens is 307 g/mol. The maximum Gasteiger partial charge on any atom is 0.460 e. The summed E-state index contributed by atoms with van der Waals surface area (Å²) in [5.41, 5.74) is -2.22. The van der Waals surface area contributed by atoms with Gasteiger partial charge in [0.15, 0.2) is 0 Å². The number of hydrogen-bond donors (Lipinski definition) is 0. The van der Waals surface area contributed by atoms with Crippen LogP contribution in [0, 0.1) is 0 Å². The Labute approximate surface area is 115 Å². The molecule has 9 heteroatoms. The van der Waals surface area contributed by atoms with Crippen molar-refractivity contribution in [1.82, 2.24) is 0 Å². The van der Waals surface area contributed by atoms with E-state index in [0.29, 0.717) is 7.05 Å². The van der Waals surface area contributed by atoms with E-state index in [0.717, 1.165) is 24.3 Å². The van der Waals surface area contributed by atoms with Crippen LogP contribution in [0.15, 0.2) is 29.3 Å². The van der Waals surface area contributed by atoms with E-state index in [1.54, 1.807) is 0 Å². The number of nitrogens with zero attached hydrogens (tertiary/aromatic N) is 1. The molecule has 0 aliphatic carbocycles. The van der Waals surface area contributed by atoms with Crippen LogP contribution in [-0.4, -0.2) is 37.9 Å². The number of aliphatic imine (C=N–C) groups is 1. The Morgan fingerprint density at radius 2 is 1.43 bits per heavy atom. The van der Waals surface area contributed by atoms with Gasteiger partial charge in [-0.25, -0.2) is 0 Å². The van der Waals surface area contributed by atoms with Crippen molar-refractivity contribution in [2.24, 2.45) is 4.99 Å². The predicted molar refractivity (Wildman–Crippen MR) is 61.4 cm³/mol. The van der Waals surface area contributed by atoms with Gasteiger partial charge >= 0.3 is 18.0 Å². The second-order valence-electron chi connectivity index (χ2n) is 3.95. The van der Waals surface area contributed by atoms with Crippen LogP contribution in [0.1, 0.15) is 5.56 Å². The molecule has 0 saturated carbocycles. The molecule has 0 saturated heterocycles. The fourth-order valence-corrected chi connectivity index (χ4v) is 1.53. The average molecular weight is 317 g/mol. The van der Waals surface area contributed by atoms with Crippen LogP contribution in [0.5, 0.6) is 5.75 Å². The van der Waals surface area contributed by atoms with Crippen LogP contribution in [0.2, 0.25) is 0 Å². The minimum absolute atomic E-state index is 0.222. The summed E-state index contributed by atoms with van der Waals surface area (Å²) in [5.74, 6) is -11.5. The molecule has 21 heavy (non-hydrogen) atoms. The van der Waals surface area contributed by atoms with E-state index < -0.39 is 29.3 Å². The Morgan fingerprint density at radius 3 is 1.76 bits per heavy atom. The standard InChI is InChI=1S/C12H10F7NO/c1-20-9(7-3-5-8(21-2)6-4-7)10(13,14)11(15,16)12(17,18)19/h3-6H,1-2H3. The van der Waals surface area contributed by atoms with E-state index in [4.69, 9.17) is 4.74 Å². The zero-order valence-corrected chi connectivity index (χ0v) is 10.8. The van der Waals surface area contributed by atoms with Gasteiger partial charge in [0.1, 0.15) is 11.5 Å². The molecule has 0 fully saturated rings. The van der Waals surface area contributed by atoms with Crippen molar-refractivity contribution in [3.05, 3.63) is 29.8 Å². The molecule has 1 rings (SSSR count). The molecule has 0 bridgehead atoms. The molecule has 118 valence electrons. The third-order valence-electron chi connectivity index (χ3n) is 2.63. The van der Waals surface area contributed by atoms with Gasteiger partial charge in [-0.15, -0.1) is 0 Å². The van der Waals surface area contributed by atoms with Crippen LogP contribution < -0.4 is 4.74 Å². The first kappa shape index (κ1) is 17.3. The summed E-state index contributed by atoms with van der Waals surface area (Å²) in [6, 6.07) is 4.12. The second kappa shape index (κ2) is 5.53. The van der Waals surface area contributed by atoms with Gasteiger partial charge in [0.2, 0.25) is 0 Å². The van der Waals surface area contributed by atoms with Gasteiger partial charge in [-0.2, -0.15) is 30.7 Å². The number of halogens is 7. The zero-order chi connectivity index (χ0) is 16.5. The molecule has 0 radical (unpaired) electrons. The van der Waals surface area contributed by atoms with Crippen LogP contribution in [0.4, 0.5) is 30.7 Å². The highest BCUT2D eigenvalue weighted by molar-refractivity contribution is 6.06. The van der Waals surface area contributed by atoms with Gasteiger partial charge in [-0.1, -0.05) is 0 Å². The maximum absolute atomic E-state index is 13.6. The summed E-state index contributed by atoms with van der Waals surface area (Å²) < 4.78 is 94.4. The lowest BCUT2D eigenvalue weighted by Gasteiger charge is -2.29. The Kier molecular flexibility index (Phi) is 4.54. The van der Waals surface area contributed by atoms with Crippen LogP contribution >= 0.6 is 0 Å². The zero-order valence-electron chi connectivity index (χ0n) is 10.8. The Hall–Kier alpha value is -1.80. The van der Waals surface area contributed by atoms with Crippen LogP contribution in [-0.2, 0) is 0 Å². The summed E-state index contributed by atoms with van der Waals surface area (Å²) in [6.07, 6.45) is -6.40. The highest BCUT2D eigenvalue weighted by atomic mass is 19.4. The van der Waals surface area contributed by atoms with Crippen LogP contribution in [0.3, 0.4) is 0 Å². The topological polar surface area (TPSA) is 21.6 Å². The molecule has 0 unspecified atom stereocenters. The summed E-state index contributed by atoms with van der Waals surface area (Å²) in [6.45, 7) is 0. The molecule has 0 aliphatic heterocycles. The Balaban J connectivity index is 3.31. The number of benzene rings is 1. The summed E-state index contributed by atoms with van der Waals surface area (Å²) in [5, 5.41) is 0. The van der Waals surface area contributed by atoms with Gasteiger partial charge in [0, 0.05) is 12.6 Å². The summed E-state index contributed by atoms with van der Waals surface area (Å²) in [4.78, 5) is 2.91. The van der Waals surface area contributed by atoms with E-state index in [9.17, 15) is 30.7 Å². The maximum atomic E-state index is 13.6. The highest BCUT2D eigenvalue weighted by Gasteiger charge is 2.74. The second-order valence-corrected chi connectivity index (χ2v) is 3.95. The van der Waals surface area contributed by atoms with Crippen molar-refractivity contribution in [2.75, 3.05) is 14.2 Å². The van der Waals surface area contributed by atoms with Crippen molar-refractivity contribution in [3.8, 4) is 5.75 Å². The Bertz CT molecular complexity index is 519. The Morgan fingerprint density at radius 1 is 0.952 bits per heavy atom. The van der Waals surface area contributed by atoms with Crippen molar-refractivity contribution in [2.45, 2.75) is 18.0 Å². The molecule has 0 aliphatic rings. The van der Waals surface area contributed by atoms with Crippen molar-refractivity contribution < 1.29 is 35.5 Å². The fraction of sp³-hybridized carbons (Fsp3) is 0.417. The van der Waals surface area contributed by atoms with Crippen LogP contribution in [0.25, 0.3) is 0 Å². The minimum Gasteiger partial charge on any atom is -0.497 e. The van der Waals surface area contributed by atoms with Gasteiger partial charge in [-0.3, -0.25) is 4.99 Å². The summed E-state index contributed by atoms with van der Waals surface area (Å²) >= 11 is 0. The van der Waals surface area contributed by atoms with E-state index >= 15 is 0 Å². The first-order valence-corrected chi connectivity index (χ1v) is 5.43. The molecule has 1 aromatic rings. The van der Waals surface area contributed by atoms with Gasteiger partial charge in [0.25, 0.3) is 0 Å². The first-order valence-electron chi connectivity index (χ1n) is 5.43. The highest BCUT2D eigenvalue weighted by Crippen LogP contribution is 2.48. The van der Waals surface area contributed by atoms with Crippen molar-refractivity contribution in [3.63, 3.8) is 0 Å². The lowest BCUT2D eigenvalue weighted by molar-refractivity contribution is -0.336. The fourth-order valence-electron chi connectivity index (χ4n) is 1.53. The minimum atomic E-state index is -6.40. The lowest BCUT2D eigenvalue weighted by Crippen LogP contribution is -2.56. The predicted octanol–water partition coefficient (Wildman–Crippen LogP) is 3.95. The molecule has 0 N–H and O–H groups in total. The van der Waals surface area contributed by atoms with Crippen molar-refractivity contribution >= 4 is 5.71 Å². The largest absolute Gasteiger partial charge is 0.497 e. The number of rotatable bonds is 4.